The molecular formula is C9H14F3N3OS. The summed E-state index contributed by atoms with van der Waals surface area (Å²) in [5.41, 5.74) is 5.10. The maximum Gasteiger partial charge on any atom is 0.399 e. The molecule has 0 radical (unpaired) electrons. The first-order valence-corrected chi connectivity index (χ1v) is 5.52. The number of hydrogen-bond donors (Lipinski definition) is 2. The molecule has 8 heteroatoms. The van der Waals surface area contributed by atoms with Gasteiger partial charge in [0.2, 0.25) is 5.91 Å². The van der Waals surface area contributed by atoms with Crippen molar-refractivity contribution in [1.82, 2.24) is 10.2 Å². The van der Waals surface area contributed by atoms with E-state index in [0.717, 1.165) is 0 Å². The summed E-state index contributed by atoms with van der Waals surface area (Å²) < 4.78 is 38.0. The van der Waals surface area contributed by atoms with Gasteiger partial charge in [0, 0.05) is 19.6 Å². The Balaban J connectivity index is 2.73. The van der Waals surface area contributed by atoms with Gasteiger partial charge in [-0.1, -0.05) is 12.2 Å². The molecule has 2 unspecified atom stereocenters. The lowest BCUT2D eigenvalue weighted by molar-refractivity contribution is -0.162. The largest absolute Gasteiger partial charge is 0.399 e. The van der Waals surface area contributed by atoms with Crippen molar-refractivity contribution in [3.8, 4) is 0 Å². The van der Waals surface area contributed by atoms with Crippen LogP contribution in [-0.2, 0) is 4.79 Å². The second-order valence-electron chi connectivity index (χ2n) is 3.96. The summed E-state index contributed by atoms with van der Waals surface area (Å²) in [5, 5.41) is 2.58. The molecule has 1 saturated heterocycles. The van der Waals surface area contributed by atoms with Crippen molar-refractivity contribution in [3.05, 3.63) is 0 Å². The predicted molar refractivity (Wildman–Crippen MR) is 60.4 cm³/mol. The molecule has 0 spiro atoms. The van der Waals surface area contributed by atoms with Crippen LogP contribution in [0.2, 0.25) is 0 Å². The fourth-order valence-electron chi connectivity index (χ4n) is 1.67. The van der Waals surface area contributed by atoms with Gasteiger partial charge in [-0.25, -0.2) is 0 Å². The normalized spacial score (nSPS) is 24.2. The van der Waals surface area contributed by atoms with E-state index in [2.05, 4.69) is 17.5 Å². The SMILES string of the molecule is CC1C(=O)NCCN1CC(C(N)=S)C(F)(F)F. The highest BCUT2D eigenvalue weighted by Crippen LogP contribution is 2.28. The molecule has 1 amide bonds. The third kappa shape index (κ3) is 3.53. The molecule has 1 aliphatic rings. The Morgan fingerprint density at radius 3 is 2.76 bits per heavy atom. The minimum atomic E-state index is -4.47. The molecule has 1 aliphatic heterocycles. The number of rotatable bonds is 3. The standard InChI is InChI=1S/C9H14F3N3OS/c1-5-8(16)14-2-3-15(5)4-6(7(13)17)9(10,11)12/h5-6H,2-4H2,1H3,(H2,13,17)(H,14,16). The highest BCUT2D eigenvalue weighted by atomic mass is 32.1. The van der Waals surface area contributed by atoms with Gasteiger partial charge in [-0.15, -0.1) is 0 Å². The van der Waals surface area contributed by atoms with Gasteiger partial charge >= 0.3 is 6.18 Å². The fraction of sp³-hybridized carbons (Fsp3) is 0.778. The van der Waals surface area contributed by atoms with Crippen LogP contribution in [0, 0.1) is 5.92 Å². The first-order chi connectivity index (χ1) is 7.73. The molecule has 3 N–H and O–H groups in total. The average Bonchev–Trinajstić information content (AvgIpc) is 2.17. The van der Waals surface area contributed by atoms with Crippen LogP contribution in [0.4, 0.5) is 13.2 Å². The summed E-state index contributed by atoms with van der Waals surface area (Å²) in [5.74, 6) is -2.15. The quantitative estimate of drug-likeness (QED) is 0.722. The summed E-state index contributed by atoms with van der Waals surface area (Å²) >= 11 is 4.43. The van der Waals surface area contributed by atoms with E-state index < -0.39 is 23.1 Å². The van der Waals surface area contributed by atoms with Crippen LogP contribution in [0.3, 0.4) is 0 Å². The van der Waals surface area contributed by atoms with E-state index in [4.69, 9.17) is 5.73 Å². The Bertz CT molecular complexity index is 321. The van der Waals surface area contributed by atoms with E-state index in [1.807, 2.05) is 0 Å². The molecule has 1 rings (SSSR count). The van der Waals surface area contributed by atoms with Crippen molar-refractivity contribution in [1.29, 1.82) is 0 Å². The molecule has 0 aromatic rings. The second kappa shape index (κ2) is 5.18. The zero-order chi connectivity index (χ0) is 13.2. The smallest absolute Gasteiger partial charge is 0.393 e. The molecule has 1 heterocycles. The van der Waals surface area contributed by atoms with Crippen molar-refractivity contribution in [3.63, 3.8) is 0 Å². The highest BCUT2D eigenvalue weighted by molar-refractivity contribution is 7.80. The third-order valence-corrected chi connectivity index (χ3v) is 3.07. The summed E-state index contributed by atoms with van der Waals surface area (Å²) in [6.45, 7) is 1.89. The van der Waals surface area contributed by atoms with Gasteiger partial charge in [-0.05, 0) is 6.92 Å². The van der Waals surface area contributed by atoms with Crippen LogP contribution in [0.25, 0.3) is 0 Å². The van der Waals surface area contributed by atoms with Gasteiger partial charge in [0.15, 0.2) is 0 Å². The van der Waals surface area contributed by atoms with Crippen LogP contribution in [-0.4, -0.2) is 47.6 Å². The summed E-state index contributed by atoms with van der Waals surface area (Å²) in [6, 6.07) is -0.594. The number of amides is 1. The Morgan fingerprint density at radius 1 is 1.71 bits per heavy atom. The Labute approximate surface area is 102 Å². The van der Waals surface area contributed by atoms with Gasteiger partial charge in [0.1, 0.15) is 5.92 Å². The maximum atomic E-state index is 12.7. The molecule has 0 aliphatic carbocycles. The minimum Gasteiger partial charge on any atom is -0.393 e. The van der Waals surface area contributed by atoms with E-state index in [1.54, 1.807) is 6.92 Å². The van der Waals surface area contributed by atoms with Crippen molar-refractivity contribution >= 4 is 23.1 Å². The minimum absolute atomic E-state index is 0.278. The number of alkyl halides is 3. The highest BCUT2D eigenvalue weighted by Gasteiger charge is 2.44. The molecule has 1 fully saturated rings. The van der Waals surface area contributed by atoms with Crippen LogP contribution in [0.5, 0.6) is 0 Å². The zero-order valence-electron chi connectivity index (χ0n) is 9.25. The van der Waals surface area contributed by atoms with Gasteiger partial charge < -0.3 is 11.1 Å². The third-order valence-electron chi connectivity index (χ3n) is 2.78. The summed E-state index contributed by atoms with van der Waals surface area (Å²) in [4.78, 5) is 12.2. The molecule has 17 heavy (non-hydrogen) atoms. The lowest BCUT2D eigenvalue weighted by Gasteiger charge is -2.35. The van der Waals surface area contributed by atoms with Gasteiger partial charge in [-0.2, -0.15) is 13.2 Å². The van der Waals surface area contributed by atoms with E-state index in [9.17, 15) is 18.0 Å². The van der Waals surface area contributed by atoms with E-state index >= 15 is 0 Å². The predicted octanol–water partition coefficient (Wildman–Crippen LogP) is 0.271. The van der Waals surface area contributed by atoms with Crippen molar-refractivity contribution in [2.24, 2.45) is 11.7 Å². The lowest BCUT2D eigenvalue weighted by Crippen LogP contribution is -2.57. The molecule has 0 bridgehead atoms. The van der Waals surface area contributed by atoms with Gasteiger partial charge in [0.05, 0.1) is 11.0 Å². The van der Waals surface area contributed by atoms with Gasteiger partial charge in [-0.3, -0.25) is 9.69 Å². The van der Waals surface area contributed by atoms with E-state index in [-0.39, 0.29) is 12.5 Å². The van der Waals surface area contributed by atoms with Crippen molar-refractivity contribution in [2.75, 3.05) is 19.6 Å². The molecule has 0 aromatic carbocycles. The molecule has 0 aromatic heterocycles. The lowest BCUT2D eigenvalue weighted by atomic mass is 10.1. The van der Waals surface area contributed by atoms with Crippen LogP contribution in [0.15, 0.2) is 0 Å². The zero-order valence-corrected chi connectivity index (χ0v) is 10.1. The molecule has 2 atom stereocenters. The topological polar surface area (TPSA) is 58.4 Å². The number of nitrogens with zero attached hydrogens (tertiary/aromatic N) is 1. The number of nitrogens with two attached hydrogens (primary N) is 1. The van der Waals surface area contributed by atoms with Crippen molar-refractivity contribution < 1.29 is 18.0 Å². The summed E-state index contributed by atoms with van der Waals surface area (Å²) in [6.07, 6.45) is -4.47. The number of nitrogens with one attached hydrogen (secondary N) is 1. The maximum absolute atomic E-state index is 12.7. The Kier molecular flexibility index (Phi) is 4.31. The van der Waals surface area contributed by atoms with E-state index in [0.29, 0.717) is 13.1 Å². The Hall–Kier alpha value is -0.890. The Morgan fingerprint density at radius 2 is 2.29 bits per heavy atom. The molecule has 0 saturated carbocycles. The number of carbonyl (C=O) groups is 1. The number of piperazine rings is 1. The second-order valence-corrected chi connectivity index (χ2v) is 4.43. The van der Waals surface area contributed by atoms with Crippen molar-refractivity contribution in [2.45, 2.75) is 19.1 Å². The number of carbonyl (C=O) groups excluding carboxylic acids is 1. The van der Waals surface area contributed by atoms with E-state index in [1.165, 1.54) is 4.90 Å². The van der Waals surface area contributed by atoms with Crippen LogP contribution < -0.4 is 11.1 Å². The number of thiocarbonyl (C=S) groups is 1. The molecular weight excluding hydrogens is 255 g/mol. The van der Waals surface area contributed by atoms with Crippen LogP contribution in [0.1, 0.15) is 6.92 Å². The average molecular weight is 269 g/mol. The van der Waals surface area contributed by atoms with Crippen LogP contribution >= 0.6 is 12.2 Å². The van der Waals surface area contributed by atoms with Gasteiger partial charge in [0.25, 0.3) is 0 Å². The summed E-state index contributed by atoms with van der Waals surface area (Å²) in [7, 11) is 0. The number of halogens is 3. The molecule has 4 nitrogen and oxygen atoms in total. The first kappa shape index (κ1) is 14.2. The fourth-order valence-corrected chi connectivity index (χ4v) is 1.88. The number of hydrogen-bond acceptors (Lipinski definition) is 3. The first-order valence-electron chi connectivity index (χ1n) is 5.11. The monoisotopic (exact) mass is 269 g/mol. The molecule has 98 valence electrons.